The SMILES string of the molecule is COc1ccc(-n2ccc(C(=O)N(C)CCO)n2)cc1. The van der Waals surface area contributed by atoms with Crippen LogP contribution in [-0.2, 0) is 0 Å². The lowest BCUT2D eigenvalue weighted by Gasteiger charge is -2.13. The molecule has 1 aromatic heterocycles. The van der Waals surface area contributed by atoms with Crippen LogP contribution in [0.5, 0.6) is 5.75 Å². The maximum absolute atomic E-state index is 12.0. The second-order valence-electron chi connectivity index (χ2n) is 4.29. The van der Waals surface area contributed by atoms with Crippen LogP contribution in [0.15, 0.2) is 36.5 Å². The van der Waals surface area contributed by atoms with Crippen molar-refractivity contribution in [1.29, 1.82) is 0 Å². The summed E-state index contributed by atoms with van der Waals surface area (Å²) in [6.07, 6.45) is 1.72. The van der Waals surface area contributed by atoms with Crippen molar-refractivity contribution >= 4 is 5.91 Å². The summed E-state index contributed by atoms with van der Waals surface area (Å²) >= 11 is 0. The number of hydrogen-bond acceptors (Lipinski definition) is 4. The van der Waals surface area contributed by atoms with Gasteiger partial charge in [0.2, 0.25) is 0 Å². The minimum absolute atomic E-state index is 0.0680. The lowest BCUT2D eigenvalue weighted by atomic mass is 10.3. The summed E-state index contributed by atoms with van der Waals surface area (Å²) in [5.74, 6) is 0.547. The van der Waals surface area contributed by atoms with E-state index in [1.165, 1.54) is 4.90 Å². The van der Waals surface area contributed by atoms with E-state index in [0.717, 1.165) is 11.4 Å². The van der Waals surface area contributed by atoms with Gasteiger partial charge in [0.05, 0.1) is 19.4 Å². The number of methoxy groups -OCH3 is 1. The van der Waals surface area contributed by atoms with E-state index in [1.54, 1.807) is 31.1 Å². The molecule has 0 radical (unpaired) electrons. The fourth-order valence-electron chi connectivity index (χ4n) is 1.76. The number of amides is 1. The Hall–Kier alpha value is -2.34. The number of nitrogens with zero attached hydrogens (tertiary/aromatic N) is 3. The number of benzene rings is 1. The number of ether oxygens (including phenoxy) is 1. The monoisotopic (exact) mass is 275 g/mol. The largest absolute Gasteiger partial charge is 0.497 e. The zero-order valence-electron chi connectivity index (χ0n) is 11.5. The highest BCUT2D eigenvalue weighted by atomic mass is 16.5. The van der Waals surface area contributed by atoms with E-state index in [1.807, 2.05) is 24.3 Å². The van der Waals surface area contributed by atoms with E-state index in [-0.39, 0.29) is 19.1 Å². The molecule has 0 aliphatic rings. The van der Waals surface area contributed by atoms with Gasteiger partial charge in [0.25, 0.3) is 5.91 Å². The lowest BCUT2D eigenvalue weighted by molar-refractivity contribution is 0.0760. The number of likely N-dealkylation sites (N-methyl/N-ethyl adjacent to an activating group) is 1. The Morgan fingerprint density at radius 2 is 2.05 bits per heavy atom. The number of carbonyl (C=O) groups is 1. The summed E-state index contributed by atoms with van der Waals surface area (Å²) in [7, 11) is 3.24. The molecule has 0 aliphatic heterocycles. The molecule has 6 heteroatoms. The van der Waals surface area contributed by atoms with Crippen LogP contribution in [0.1, 0.15) is 10.5 Å². The maximum Gasteiger partial charge on any atom is 0.274 e. The predicted octanol–water partition coefficient (Wildman–Crippen LogP) is 0.945. The highest BCUT2D eigenvalue weighted by molar-refractivity contribution is 5.92. The first-order valence-corrected chi connectivity index (χ1v) is 6.22. The number of aliphatic hydroxyl groups is 1. The van der Waals surface area contributed by atoms with E-state index < -0.39 is 0 Å². The van der Waals surface area contributed by atoms with Crippen molar-refractivity contribution in [2.75, 3.05) is 27.3 Å². The zero-order chi connectivity index (χ0) is 14.5. The van der Waals surface area contributed by atoms with Gasteiger partial charge in [-0.3, -0.25) is 4.79 Å². The van der Waals surface area contributed by atoms with Crippen molar-refractivity contribution in [3.05, 3.63) is 42.2 Å². The molecule has 0 atom stereocenters. The molecule has 0 spiro atoms. The van der Waals surface area contributed by atoms with E-state index in [4.69, 9.17) is 9.84 Å². The number of carbonyl (C=O) groups excluding carboxylic acids is 1. The van der Waals surface area contributed by atoms with Crippen molar-refractivity contribution in [1.82, 2.24) is 14.7 Å². The van der Waals surface area contributed by atoms with Crippen molar-refractivity contribution in [3.8, 4) is 11.4 Å². The number of aliphatic hydroxyl groups excluding tert-OH is 1. The summed E-state index contributed by atoms with van der Waals surface area (Å²) in [6.45, 7) is 0.218. The van der Waals surface area contributed by atoms with Gasteiger partial charge in [0, 0.05) is 19.8 Å². The summed E-state index contributed by atoms with van der Waals surface area (Å²) in [4.78, 5) is 13.4. The molecule has 6 nitrogen and oxygen atoms in total. The Morgan fingerprint density at radius 3 is 2.65 bits per heavy atom. The molecule has 0 fully saturated rings. The Kier molecular flexibility index (Phi) is 4.37. The maximum atomic E-state index is 12.0. The van der Waals surface area contributed by atoms with Crippen LogP contribution in [0.4, 0.5) is 0 Å². The molecule has 1 aromatic carbocycles. The van der Waals surface area contributed by atoms with Crippen molar-refractivity contribution < 1.29 is 14.6 Å². The van der Waals surface area contributed by atoms with Crippen LogP contribution >= 0.6 is 0 Å². The second kappa shape index (κ2) is 6.21. The molecule has 1 heterocycles. The molecule has 20 heavy (non-hydrogen) atoms. The molecule has 0 bridgehead atoms. The van der Waals surface area contributed by atoms with Gasteiger partial charge in [-0.05, 0) is 30.3 Å². The Balaban J connectivity index is 2.17. The number of hydrogen-bond donors (Lipinski definition) is 1. The first kappa shape index (κ1) is 14.1. The molecular formula is C14H17N3O3. The molecule has 1 amide bonds. The summed E-state index contributed by atoms with van der Waals surface area (Å²) in [6, 6.07) is 9.03. The molecule has 2 aromatic rings. The van der Waals surface area contributed by atoms with Crippen LogP contribution in [0.3, 0.4) is 0 Å². The van der Waals surface area contributed by atoms with Crippen LogP contribution < -0.4 is 4.74 Å². The van der Waals surface area contributed by atoms with Crippen LogP contribution in [-0.4, -0.2) is 53.0 Å². The van der Waals surface area contributed by atoms with Gasteiger partial charge < -0.3 is 14.7 Å². The highest BCUT2D eigenvalue weighted by Gasteiger charge is 2.14. The van der Waals surface area contributed by atoms with Gasteiger partial charge in [0.15, 0.2) is 5.69 Å². The fourth-order valence-corrected chi connectivity index (χ4v) is 1.76. The Bertz CT molecular complexity index is 578. The first-order valence-electron chi connectivity index (χ1n) is 6.22. The quantitative estimate of drug-likeness (QED) is 0.882. The van der Waals surface area contributed by atoms with E-state index in [2.05, 4.69) is 5.10 Å². The molecule has 0 aliphatic carbocycles. The summed E-state index contributed by atoms with van der Waals surface area (Å²) < 4.78 is 6.72. The van der Waals surface area contributed by atoms with Gasteiger partial charge >= 0.3 is 0 Å². The first-order chi connectivity index (χ1) is 9.65. The zero-order valence-corrected chi connectivity index (χ0v) is 11.5. The average molecular weight is 275 g/mol. The third-order valence-electron chi connectivity index (χ3n) is 2.93. The molecule has 0 saturated carbocycles. The average Bonchev–Trinajstić information content (AvgIpc) is 2.96. The third kappa shape index (κ3) is 2.97. The van der Waals surface area contributed by atoms with Gasteiger partial charge in [0.1, 0.15) is 5.75 Å². The minimum Gasteiger partial charge on any atom is -0.497 e. The van der Waals surface area contributed by atoms with E-state index in [9.17, 15) is 4.79 Å². The van der Waals surface area contributed by atoms with Gasteiger partial charge in [-0.1, -0.05) is 0 Å². The molecule has 106 valence electrons. The second-order valence-corrected chi connectivity index (χ2v) is 4.29. The smallest absolute Gasteiger partial charge is 0.274 e. The molecular weight excluding hydrogens is 258 g/mol. The van der Waals surface area contributed by atoms with Crippen LogP contribution in [0.2, 0.25) is 0 Å². The normalized spacial score (nSPS) is 10.3. The van der Waals surface area contributed by atoms with E-state index in [0.29, 0.717) is 5.69 Å². The van der Waals surface area contributed by atoms with Crippen molar-refractivity contribution in [2.24, 2.45) is 0 Å². The van der Waals surface area contributed by atoms with Crippen LogP contribution in [0.25, 0.3) is 5.69 Å². The number of rotatable bonds is 5. The van der Waals surface area contributed by atoms with Gasteiger partial charge in [-0.25, -0.2) is 4.68 Å². The van der Waals surface area contributed by atoms with Gasteiger partial charge in [-0.2, -0.15) is 5.10 Å². The molecule has 1 N–H and O–H groups in total. The molecule has 2 rings (SSSR count). The Labute approximate surface area is 117 Å². The highest BCUT2D eigenvalue weighted by Crippen LogP contribution is 2.14. The van der Waals surface area contributed by atoms with E-state index >= 15 is 0 Å². The van der Waals surface area contributed by atoms with Crippen molar-refractivity contribution in [2.45, 2.75) is 0 Å². The standard InChI is InChI=1S/C14H17N3O3/c1-16(9-10-18)14(19)13-7-8-17(15-13)11-3-5-12(20-2)6-4-11/h3-8,18H,9-10H2,1-2H3. The molecule has 0 unspecified atom stereocenters. The third-order valence-corrected chi connectivity index (χ3v) is 2.93. The topological polar surface area (TPSA) is 67.6 Å². The lowest BCUT2D eigenvalue weighted by Crippen LogP contribution is -2.29. The van der Waals surface area contributed by atoms with Crippen LogP contribution in [0, 0.1) is 0 Å². The Morgan fingerprint density at radius 1 is 1.35 bits per heavy atom. The predicted molar refractivity (Wildman–Crippen MR) is 74.2 cm³/mol. The minimum atomic E-state index is -0.216. The number of aromatic nitrogens is 2. The molecule has 0 saturated heterocycles. The summed E-state index contributed by atoms with van der Waals surface area (Å²) in [5, 5.41) is 13.1. The van der Waals surface area contributed by atoms with Gasteiger partial charge in [-0.15, -0.1) is 0 Å². The summed E-state index contributed by atoms with van der Waals surface area (Å²) in [5.41, 5.74) is 1.19. The fraction of sp³-hybridized carbons (Fsp3) is 0.286. The van der Waals surface area contributed by atoms with Crippen molar-refractivity contribution in [3.63, 3.8) is 0 Å².